The molecule has 1 aromatic carbocycles. The van der Waals surface area contributed by atoms with Gasteiger partial charge in [0.25, 0.3) is 0 Å². The zero-order chi connectivity index (χ0) is 17.8. The molecule has 1 aromatic rings. The van der Waals surface area contributed by atoms with Crippen LogP contribution in [0.4, 0.5) is 0 Å². The zero-order valence-electron chi connectivity index (χ0n) is 15.2. The molecule has 0 spiro atoms. The molecule has 2 saturated heterocycles. The lowest BCUT2D eigenvalue weighted by Crippen LogP contribution is -2.42. The number of para-hydroxylation sites is 1. The van der Waals surface area contributed by atoms with Crippen LogP contribution in [0.2, 0.25) is 0 Å². The van der Waals surface area contributed by atoms with Gasteiger partial charge < -0.3 is 14.5 Å². The first kappa shape index (κ1) is 17.8. The van der Waals surface area contributed by atoms with E-state index in [0.29, 0.717) is 19.5 Å². The number of hydrogen-bond donors (Lipinski definition) is 0. The Bertz CT molecular complexity index is 625. The third-order valence-electron chi connectivity index (χ3n) is 5.50. The number of carbonyl (C=O) groups is 2. The fourth-order valence-electron chi connectivity index (χ4n) is 4.12. The number of piperidine rings is 1. The van der Waals surface area contributed by atoms with Crippen LogP contribution in [-0.2, 0) is 9.59 Å². The van der Waals surface area contributed by atoms with E-state index in [9.17, 15) is 9.59 Å². The van der Waals surface area contributed by atoms with Gasteiger partial charge in [0.15, 0.2) is 0 Å². The number of benzene rings is 1. The van der Waals surface area contributed by atoms with E-state index in [1.54, 1.807) is 7.11 Å². The summed E-state index contributed by atoms with van der Waals surface area (Å²) in [5, 5.41) is 0. The van der Waals surface area contributed by atoms with Gasteiger partial charge >= 0.3 is 0 Å². The molecule has 0 bridgehead atoms. The van der Waals surface area contributed by atoms with E-state index < -0.39 is 0 Å². The van der Waals surface area contributed by atoms with Gasteiger partial charge in [-0.15, -0.1) is 0 Å². The van der Waals surface area contributed by atoms with Crippen molar-refractivity contribution < 1.29 is 14.3 Å². The molecule has 2 aliphatic rings. The van der Waals surface area contributed by atoms with Gasteiger partial charge in [-0.05, 0) is 30.9 Å². The smallest absolute Gasteiger partial charge is 0.228 e. The highest BCUT2D eigenvalue weighted by atomic mass is 16.5. The summed E-state index contributed by atoms with van der Waals surface area (Å²) in [5.74, 6) is 0.941. The summed E-state index contributed by atoms with van der Waals surface area (Å²) in [6.07, 6.45) is 3.83. The Balaban J connectivity index is 1.88. The van der Waals surface area contributed by atoms with Gasteiger partial charge in [-0.25, -0.2) is 0 Å². The van der Waals surface area contributed by atoms with Gasteiger partial charge in [0, 0.05) is 38.5 Å². The minimum Gasteiger partial charge on any atom is -0.496 e. The number of hydrogen-bond acceptors (Lipinski definition) is 3. The minimum atomic E-state index is -0.176. The fourth-order valence-corrected chi connectivity index (χ4v) is 4.12. The van der Waals surface area contributed by atoms with E-state index >= 15 is 0 Å². The van der Waals surface area contributed by atoms with Gasteiger partial charge in [-0.1, -0.05) is 25.1 Å². The number of methoxy groups -OCH3 is 1. The van der Waals surface area contributed by atoms with E-state index in [2.05, 4.69) is 0 Å². The van der Waals surface area contributed by atoms with Crippen LogP contribution in [-0.4, -0.2) is 54.9 Å². The quantitative estimate of drug-likeness (QED) is 0.844. The highest BCUT2D eigenvalue weighted by Gasteiger charge is 2.42. The summed E-state index contributed by atoms with van der Waals surface area (Å²) in [4.78, 5) is 29.3. The first-order chi connectivity index (χ1) is 12.2. The molecule has 2 aliphatic heterocycles. The van der Waals surface area contributed by atoms with Crippen LogP contribution in [0.5, 0.6) is 5.75 Å². The van der Waals surface area contributed by atoms with Crippen LogP contribution in [0.3, 0.4) is 0 Å². The molecule has 2 amide bonds. The molecule has 2 unspecified atom stereocenters. The van der Waals surface area contributed by atoms with Crippen LogP contribution in [0.1, 0.15) is 44.1 Å². The summed E-state index contributed by atoms with van der Waals surface area (Å²) >= 11 is 0. The molecule has 2 heterocycles. The number of amides is 2. The molecule has 0 aliphatic carbocycles. The predicted molar refractivity (Wildman–Crippen MR) is 96.5 cm³/mol. The van der Waals surface area contributed by atoms with Crippen molar-refractivity contribution in [3.63, 3.8) is 0 Å². The summed E-state index contributed by atoms with van der Waals surface area (Å²) in [6, 6.07) is 7.88. The van der Waals surface area contributed by atoms with Gasteiger partial charge in [0.1, 0.15) is 5.75 Å². The van der Waals surface area contributed by atoms with Crippen LogP contribution in [0.25, 0.3) is 0 Å². The average Bonchev–Trinajstić information content (AvgIpc) is 3.12. The van der Waals surface area contributed by atoms with Crippen LogP contribution in [0, 0.1) is 5.92 Å². The molecule has 0 saturated carbocycles. The third-order valence-corrected chi connectivity index (χ3v) is 5.50. The maximum Gasteiger partial charge on any atom is 0.228 e. The molecule has 5 nitrogen and oxygen atoms in total. The first-order valence-electron chi connectivity index (χ1n) is 9.35. The lowest BCUT2D eigenvalue weighted by Gasteiger charge is -2.31. The average molecular weight is 344 g/mol. The standard InChI is InChI=1S/C20H28N2O3/c1-3-19(23)22-13-16(15-9-5-6-10-18(15)25-2)17(14-22)20(24)21-11-7-4-8-12-21/h5-6,9-10,16-17H,3-4,7-8,11-14H2,1-2H3. The summed E-state index contributed by atoms with van der Waals surface area (Å²) in [5.41, 5.74) is 1.03. The van der Waals surface area contributed by atoms with Crippen molar-refractivity contribution in [2.75, 3.05) is 33.3 Å². The second-order valence-corrected chi connectivity index (χ2v) is 6.99. The zero-order valence-corrected chi connectivity index (χ0v) is 15.2. The van der Waals surface area contributed by atoms with E-state index in [1.807, 2.05) is 41.0 Å². The molecule has 2 atom stereocenters. The van der Waals surface area contributed by atoms with Gasteiger partial charge in [-0.3, -0.25) is 9.59 Å². The predicted octanol–water partition coefficient (Wildman–Crippen LogP) is 2.66. The lowest BCUT2D eigenvalue weighted by atomic mass is 9.87. The molecule has 0 radical (unpaired) electrons. The Labute approximate surface area is 149 Å². The normalized spacial score (nSPS) is 23.6. The monoisotopic (exact) mass is 344 g/mol. The summed E-state index contributed by atoms with van der Waals surface area (Å²) < 4.78 is 5.52. The maximum atomic E-state index is 13.2. The molecule has 3 rings (SSSR count). The molecule has 0 aromatic heterocycles. The Morgan fingerprint density at radius 2 is 1.80 bits per heavy atom. The van der Waals surface area contributed by atoms with E-state index in [0.717, 1.165) is 37.2 Å². The second-order valence-electron chi connectivity index (χ2n) is 6.99. The molecule has 136 valence electrons. The Morgan fingerprint density at radius 3 is 2.48 bits per heavy atom. The van der Waals surface area contributed by atoms with Crippen molar-refractivity contribution in [2.45, 2.75) is 38.5 Å². The number of likely N-dealkylation sites (tertiary alicyclic amines) is 2. The largest absolute Gasteiger partial charge is 0.496 e. The SMILES string of the molecule is CCC(=O)N1CC(C(=O)N2CCCCC2)C(c2ccccc2OC)C1. The van der Waals surface area contributed by atoms with E-state index in [1.165, 1.54) is 6.42 Å². The minimum absolute atomic E-state index is 0.000997. The Hall–Kier alpha value is -2.04. The Morgan fingerprint density at radius 1 is 1.08 bits per heavy atom. The first-order valence-corrected chi connectivity index (χ1v) is 9.35. The molecule has 0 N–H and O–H groups in total. The highest BCUT2D eigenvalue weighted by Crippen LogP contribution is 2.38. The number of ether oxygens (including phenoxy) is 1. The number of nitrogens with zero attached hydrogens (tertiary/aromatic N) is 2. The molecular weight excluding hydrogens is 316 g/mol. The van der Waals surface area contributed by atoms with Crippen molar-refractivity contribution in [1.29, 1.82) is 0 Å². The van der Waals surface area contributed by atoms with Crippen LogP contribution < -0.4 is 4.74 Å². The second kappa shape index (κ2) is 7.89. The van der Waals surface area contributed by atoms with Crippen molar-refractivity contribution in [3.8, 4) is 5.75 Å². The van der Waals surface area contributed by atoms with Gasteiger partial charge in [-0.2, -0.15) is 0 Å². The summed E-state index contributed by atoms with van der Waals surface area (Å²) in [7, 11) is 1.66. The van der Waals surface area contributed by atoms with Gasteiger partial charge in [0.2, 0.25) is 11.8 Å². The number of carbonyl (C=O) groups excluding carboxylic acids is 2. The summed E-state index contributed by atoms with van der Waals surface area (Å²) in [6.45, 7) is 4.67. The van der Waals surface area contributed by atoms with Crippen LogP contribution >= 0.6 is 0 Å². The molecule has 5 heteroatoms. The van der Waals surface area contributed by atoms with E-state index in [-0.39, 0.29) is 23.7 Å². The van der Waals surface area contributed by atoms with Crippen molar-refractivity contribution >= 4 is 11.8 Å². The van der Waals surface area contributed by atoms with Crippen molar-refractivity contribution in [1.82, 2.24) is 9.80 Å². The third kappa shape index (κ3) is 3.65. The van der Waals surface area contributed by atoms with Gasteiger partial charge in [0.05, 0.1) is 13.0 Å². The van der Waals surface area contributed by atoms with Crippen molar-refractivity contribution in [2.24, 2.45) is 5.92 Å². The van der Waals surface area contributed by atoms with Crippen LogP contribution in [0.15, 0.2) is 24.3 Å². The number of rotatable bonds is 4. The molecule has 2 fully saturated rings. The van der Waals surface area contributed by atoms with E-state index in [4.69, 9.17) is 4.74 Å². The topological polar surface area (TPSA) is 49.9 Å². The maximum absolute atomic E-state index is 13.2. The fraction of sp³-hybridized carbons (Fsp3) is 0.600. The highest BCUT2D eigenvalue weighted by molar-refractivity contribution is 5.83. The molecular formula is C20H28N2O3. The lowest BCUT2D eigenvalue weighted by molar-refractivity contribution is -0.136. The Kier molecular flexibility index (Phi) is 5.61. The van der Waals surface area contributed by atoms with Crippen molar-refractivity contribution in [3.05, 3.63) is 29.8 Å². The molecule has 25 heavy (non-hydrogen) atoms.